The van der Waals surface area contributed by atoms with Crippen molar-refractivity contribution in [2.24, 2.45) is 0 Å². The number of hydrogen-bond donors (Lipinski definition) is 1. The smallest absolute Gasteiger partial charge is 0.243 e. The lowest BCUT2D eigenvalue weighted by atomic mass is 9.86. The molecule has 0 saturated heterocycles. The Morgan fingerprint density at radius 1 is 1.19 bits per heavy atom. The van der Waals surface area contributed by atoms with E-state index in [-0.39, 0.29) is 18.6 Å². The molecule has 1 amide bonds. The van der Waals surface area contributed by atoms with Gasteiger partial charge >= 0.3 is 0 Å². The number of rotatable bonds is 8. The van der Waals surface area contributed by atoms with Gasteiger partial charge < -0.3 is 10.1 Å². The van der Waals surface area contributed by atoms with Crippen molar-refractivity contribution in [3.63, 3.8) is 0 Å². The highest BCUT2D eigenvalue weighted by Crippen LogP contribution is 2.31. The standard InChI is InChI=1S/C23H31ClN2O4S/c1-16-11-12-18(15-20(16)24)26(31(6,28)29)17(2)22(27)25-13-14-30-21-10-8-7-9-19(21)23(3,4)5/h7-12,15,17H,13-14H2,1-6H3,(H,25,27)/t17-/m0/s1. The molecule has 8 heteroatoms. The maximum Gasteiger partial charge on any atom is 0.243 e. The predicted octanol–water partition coefficient (Wildman–Crippen LogP) is 4.30. The number of amides is 1. The number of halogens is 1. The first-order chi connectivity index (χ1) is 14.3. The minimum Gasteiger partial charge on any atom is -0.491 e. The van der Waals surface area contributed by atoms with Crippen molar-refractivity contribution in [3.8, 4) is 5.75 Å². The molecule has 0 radical (unpaired) electrons. The van der Waals surface area contributed by atoms with Crippen LogP contribution in [0, 0.1) is 6.92 Å². The van der Waals surface area contributed by atoms with E-state index >= 15 is 0 Å². The molecule has 0 unspecified atom stereocenters. The van der Waals surface area contributed by atoms with Crippen molar-refractivity contribution in [1.82, 2.24) is 5.32 Å². The van der Waals surface area contributed by atoms with Gasteiger partial charge in [-0.15, -0.1) is 0 Å². The van der Waals surface area contributed by atoms with Crippen LogP contribution in [0.4, 0.5) is 5.69 Å². The lowest BCUT2D eigenvalue weighted by Gasteiger charge is -2.28. The number of ether oxygens (including phenoxy) is 1. The summed E-state index contributed by atoms with van der Waals surface area (Å²) in [6.45, 7) is 10.2. The largest absolute Gasteiger partial charge is 0.491 e. The van der Waals surface area contributed by atoms with E-state index in [4.69, 9.17) is 16.3 Å². The SMILES string of the molecule is Cc1ccc(N([C@@H](C)C(=O)NCCOc2ccccc2C(C)(C)C)S(C)(=O)=O)cc1Cl. The fraction of sp³-hybridized carbons (Fsp3) is 0.435. The molecule has 0 fully saturated rings. The molecule has 2 aromatic carbocycles. The van der Waals surface area contributed by atoms with Crippen LogP contribution in [0.5, 0.6) is 5.75 Å². The Morgan fingerprint density at radius 2 is 1.84 bits per heavy atom. The quantitative estimate of drug-likeness (QED) is 0.588. The molecule has 2 aromatic rings. The fourth-order valence-corrected chi connectivity index (χ4v) is 4.56. The molecule has 0 aromatic heterocycles. The first-order valence-electron chi connectivity index (χ1n) is 10.1. The van der Waals surface area contributed by atoms with Crippen molar-refractivity contribution in [2.45, 2.75) is 46.1 Å². The van der Waals surface area contributed by atoms with Crippen molar-refractivity contribution in [3.05, 3.63) is 58.6 Å². The zero-order chi connectivity index (χ0) is 23.4. The van der Waals surface area contributed by atoms with Gasteiger partial charge in [0.25, 0.3) is 0 Å². The number of sulfonamides is 1. The lowest BCUT2D eigenvalue weighted by molar-refractivity contribution is -0.121. The number of benzene rings is 2. The molecular formula is C23H31ClN2O4S. The second kappa shape index (κ2) is 9.92. The van der Waals surface area contributed by atoms with E-state index in [2.05, 4.69) is 26.1 Å². The summed E-state index contributed by atoms with van der Waals surface area (Å²) in [5.74, 6) is 0.346. The molecule has 1 atom stereocenters. The molecule has 0 saturated carbocycles. The average Bonchev–Trinajstić information content (AvgIpc) is 2.66. The summed E-state index contributed by atoms with van der Waals surface area (Å²) in [4.78, 5) is 12.7. The monoisotopic (exact) mass is 466 g/mol. The maximum absolute atomic E-state index is 12.7. The minimum atomic E-state index is -3.70. The summed E-state index contributed by atoms with van der Waals surface area (Å²) in [6.07, 6.45) is 1.07. The van der Waals surface area contributed by atoms with Crippen LogP contribution in [0.1, 0.15) is 38.8 Å². The third kappa shape index (κ3) is 6.61. The molecule has 31 heavy (non-hydrogen) atoms. The third-order valence-corrected chi connectivity index (χ3v) is 6.50. The first kappa shape index (κ1) is 25.0. The van der Waals surface area contributed by atoms with Gasteiger partial charge in [0, 0.05) is 5.02 Å². The number of carbonyl (C=O) groups is 1. The van der Waals surface area contributed by atoms with Crippen molar-refractivity contribution in [2.75, 3.05) is 23.7 Å². The second-order valence-electron chi connectivity index (χ2n) is 8.55. The Labute approximate surface area is 190 Å². The van der Waals surface area contributed by atoms with E-state index in [1.807, 2.05) is 31.2 Å². The maximum atomic E-state index is 12.7. The first-order valence-corrected chi connectivity index (χ1v) is 12.3. The second-order valence-corrected chi connectivity index (χ2v) is 10.8. The fourth-order valence-electron chi connectivity index (χ4n) is 3.22. The van der Waals surface area contributed by atoms with Gasteiger partial charge in [0.2, 0.25) is 15.9 Å². The molecule has 0 heterocycles. The van der Waals surface area contributed by atoms with Gasteiger partial charge in [-0.3, -0.25) is 9.10 Å². The summed E-state index contributed by atoms with van der Waals surface area (Å²) in [7, 11) is -3.70. The molecule has 0 aliphatic heterocycles. The van der Waals surface area contributed by atoms with Crippen molar-refractivity contribution < 1.29 is 17.9 Å². The topological polar surface area (TPSA) is 75.7 Å². The van der Waals surface area contributed by atoms with Crippen molar-refractivity contribution in [1.29, 1.82) is 0 Å². The van der Waals surface area contributed by atoms with Crippen LogP contribution in [0.25, 0.3) is 0 Å². The molecule has 0 bridgehead atoms. The van der Waals surface area contributed by atoms with Gasteiger partial charge in [-0.25, -0.2) is 8.42 Å². The van der Waals surface area contributed by atoms with Crippen molar-refractivity contribution >= 4 is 33.2 Å². The summed E-state index contributed by atoms with van der Waals surface area (Å²) >= 11 is 6.16. The number of anilines is 1. The van der Waals surface area contributed by atoms with E-state index in [0.717, 1.165) is 27.4 Å². The predicted molar refractivity (Wildman–Crippen MR) is 127 cm³/mol. The van der Waals surface area contributed by atoms with Crippen LogP contribution in [0.15, 0.2) is 42.5 Å². The highest BCUT2D eigenvalue weighted by Gasteiger charge is 2.29. The van der Waals surface area contributed by atoms with Gasteiger partial charge in [-0.05, 0) is 48.6 Å². The summed E-state index contributed by atoms with van der Waals surface area (Å²) in [6, 6.07) is 11.8. The van der Waals surface area contributed by atoms with Gasteiger partial charge in [0.05, 0.1) is 18.5 Å². The van der Waals surface area contributed by atoms with Crippen LogP contribution in [0.2, 0.25) is 5.02 Å². The molecule has 1 N–H and O–H groups in total. The highest BCUT2D eigenvalue weighted by molar-refractivity contribution is 7.92. The molecule has 0 spiro atoms. The summed E-state index contributed by atoms with van der Waals surface area (Å²) in [5, 5.41) is 3.19. The Balaban J connectivity index is 2.05. The molecule has 6 nitrogen and oxygen atoms in total. The van der Waals surface area contributed by atoms with Gasteiger partial charge in [-0.2, -0.15) is 0 Å². The van der Waals surface area contributed by atoms with Crippen LogP contribution >= 0.6 is 11.6 Å². The molecule has 170 valence electrons. The number of para-hydroxylation sites is 1. The van der Waals surface area contributed by atoms with Crippen LogP contribution in [-0.2, 0) is 20.2 Å². The van der Waals surface area contributed by atoms with E-state index in [0.29, 0.717) is 10.7 Å². The Morgan fingerprint density at radius 3 is 2.42 bits per heavy atom. The molecular weight excluding hydrogens is 436 g/mol. The number of aryl methyl sites for hydroxylation is 1. The summed E-state index contributed by atoms with van der Waals surface area (Å²) < 4.78 is 31.7. The van der Waals surface area contributed by atoms with Gasteiger partial charge in [0.1, 0.15) is 18.4 Å². The van der Waals surface area contributed by atoms with E-state index in [9.17, 15) is 13.2 Å². The molecule has 0 aliphatic carbocycles. The third-order valence-electron chi connectivity index (χ3n) is 4.85. The Bertz CT molecular complexity index is 1030. The van der Waals surface area contributed by atoms with E-state index < -0.39 is 22.0 Å². The van der Waals surface area contributed by atoms with Gasteiger partial charge in [0.15, 0.2) is 0 Å². The van der Waals surface area contributed by atoms with Crippen LogP contribution < -0.4 is 14.4 Å². The molecule has 0 aliphatic rings. The zero-order valence-corrected chi connectivity index (χ0v) is 20.5. The van der Waals surface area contributed by atoms with Crippen LogP contribution in [0.3, 0.4) is 0 Å². The minimum absolute atomic E-state index is 0.0698. The number of nitrogens with zero attached hydrogens (tertiary/aromatic N) is 1. The Kier molecular flexibility index (Phi) is 8.00. The van der Waals surface area contributed by atoms with Gasteiger partial charge in [-0.1, -0.05) is 56.6 Å². The highest BCUT2D eigenvalue weighted by atomic mass is 35.5. The number of carbonyl (C=O) groups excluding carboxylic acids is 1. The number of hydrogen-bond acceptors (Lipinski definition) is 4. The van der Waals surface area contributed by atoms with E-state index in [1.165, 1.54) is 0 Å². The number of nitrogens with one attached hydrogen (secondary N) is 1. The lowest BCUT2D eigenvalue weighted by Crippen LogP contribution is -2.48. The zero-order valence-electron chi connectivity index (χ0n) is 18.9. The average molecular weight is 467 g/mol. The molecule has 2 rings (SSSR count). The van der Waals surface area contributed by atoms with E-state index in [1.54, 1.807) is 25.1 Å². The normalized spacial score (nSPS) is 12.9. The Hall–Kier alpha value is -2.25. The van der Waals surface area contributed by atoms with Crippen LogP contribution in [-0.4, -0.2) is 39.8 Å². The summed E-state index contributed by atoms with van der Waals surface area (Å²) in [5.41, 5.74) is 2.17.